The predicted molar refractivity (Wildman–Crippen MR) is 79.5 cm³/mol. The second-order valence-corrected chi connectivity index (χ2v) is 8.86. The van der Waals surface area contributed by atoms with Gasteiger partial charge in [-0.05, 0) is 44.8 Å². The van der Waals surface area contributed by atoms with Crippen LogP contribution in [0.25, 0.3) is 0 Å². The van der Waals surface area contributed by atoms with E-state index in [2.05, 4.69) is 37.4 Å². The molecule has 0 radical (unpaired) electrons. The molecule has 5 nitrogen and oxygen atoms in total. The third-order valence-electron chi connectivity index (χ3n) is 3.83. The second-order valence-electron chi connectivity index (χ2n) is 7.02. The monoisotopic (exact) mass is 291 g/mol. The number of rotatable bonds is 5. The van der Waals surface area contributed by atoms with Crippen LogP contribution in [-0.2, 0) is 10.0 Å². The van der Waals surface area contributed by atoms with Gasteiger partial charge in [-0.25, -0.2) is 13.1 Å². The Morgan fingerprint density at radius 2 is 1.79 bits per heavy atom. The van der Waals surface area contributed by atoms with Crippen molar-refractivity contribution < 1.29 is 8.42 Å². The zero-order valence-corrected chi connectivity index (χ0v) is 13.5. The number of piperidine rings is 1. The summed E-state index contributed by atoms with van der Waals surface area (Å²) in [6.07, 6.45) is 2.23. The highest BCUT2D eigenvalue weighted by atomic mass is 32.2. The molecular weight excluding hydrogens is 262 g/mol. The van der Waals surface area contributed by atoms with Crippen LogP contribution in [0.5, 0.6) is 0 Å². The maximum absolute atomic E-state index is 12.2. The van der Waals surface area contributed by atoms with Gasteiger partial charge in [0, 0.05) is 12.1 Å². The summed E-state index contributed by atoms with van der Waals surface area (Å²) in [5, 5.41) is 0. The zero-order valence-electron chi connectivity index (χ0n) is 12.7. The quantitative estimate of drug-likeness (QED) is 0.784. The molecule has 0 unspecified atom stereocenters. The van der Waals surface area contributed by atoms with Crippen molar-refractivity contribution >= 4 is 10.0 Å². The van der Waals surface area contributed by atoms with Crippen LogP contribution in [0.1, 0.15) is 40.0 Å². The summed E-state index contributed by atoms with van der Waals surface area (Å²) in [4.78, 5) is 2.21. The van der Waals surface area contributed by atoms with Gasteiger partial charge in [-0.3, -0.25) is 0 Å². The van der Waals surface area contributed by atoms with Gasteiger partial charge in [-0.2, -0.15) is 0 Å². The van der Waals surface area contributed by atoms with E-state index in [9.17, 15) is 8.42 Å². The van der Waals surface area contributed by atoms with Crippen molar-refractivity contribution in [3.05, 3.63) is 0 Å². The minimum absolute atomic E-state index is 0.0252. The third kappa shape index (κ3) is 5.77. The highest BCUT2D eigenvalue weighted by molar-refractivity contribution is 7.89. The lowest BCUT2D eigenvalue weighted by atomic mass is 9.89. The van der Waals surface area contributed by atoms with Crippen molar-refractivity contribution in [3.63, 3.8) is 0 Å². The lowest BCUT2D eigenvalue weighted by Crippen LogP contribution is -2.59. The van der Waals surface area contributed by atoms with Crippen LogP contribution >= 0.6 is 0 Å². The van der Waals surface area contributed by atoms with E-state index in [1.807, 2.05) is 0 Å². The predicted octanol–water partition coefficient (Wildman–Crippen LogP) is 0.765. The van der Waals surface area contributed by atoms with Gasteiger partial charge in [0.15, 0.2) is 0 Å². The van der Waals surface area contributed by atoms with Crippen LogP contribution in [0.3, 0.4) is 0 Å². The minimum atomic E-state index is -3.25. The molecule has 3 N–H and O–H groups in total. The van der Waals surface area contributed by atoms with Gasteiger partial charge in [0.2, 0.25) is 10.0 Å². The highest BCUT2D eigenvalue weighted by Crippen LogP contribution is 2.23. The molecule has 1 fully saturated rings. The smallest absolute Gasteiger partial charge is 0.212 e. The summed E-state index contributed by atoms with van der Waals surface area (Å²) in [5.41, 5.74) is 5.41. The zero-order chi connectivity index (χ0) is 14.7. The molecule has 0 aromatic heterocycles. The molecule has 0 aromatic rings. The largest absolute Gasteiger partial charge is 0.329 e. The standard InChI is InChI=1S/C13H29N3O2S/c1-12(2,3)7-10-19(17,18)15-13(11-14)5-8-16(4)9-6-13/h15H,5-11,14H2,1-4H3. The lowest BCUT2D eigenvalue weighted by Gasteiger charge is -2.40. The van der Waals surface area contributed by atoms with Gasteiger partial charge in [-0.15, -0.1) is 0 Å². The molecule has 19 heavy (non-hydrogen) atoms. The molecule has 1 aliphatic rings. The van der Waals surface area contributed by atoms with Crippen molar-refractivity contribution in [1.82, 2.24) is 9.62 Å². The average molecular weight is 291 g/mol. The molecule has 0 saturated carbocycles. The van der Waals surface area contributed by atoms with E-state index in [1.165, 1.54) is 0 Å². The fourth-order valence-electron chi connectivity index (χ4n) is 2.22. The number of nitrogens with two attached hydrogens (primary N) is 1. The maximum atomic E-state index is 12.2. The molecular formula is C13H29N3O2S. The van der Waals surface area contributed by atoms with Crippen LogP contribution < -0.4 is 10.5 Å². The Labute approximate surface area is 118 Å². The summed E-state index contributed by atoms with van der Waals surface area (Å²) in [6, 6.07) is 0. The summed E-state index contributed by atoms with van der Waals surface area (Å²) >= 11 is 0. The van der Waals surface area contributed by atoms with Gasteiger partial charge < -0.3 is 10.6 Å². The number of hydrogen-bond donors (Lipinski definition) is 2. The first-order chi connectivity index (χ1) is 8.58. The van der Waals surface area contributed by atoms with E-state index in [-0.39, 0.29) is 11.2 Å². The van der Waals surface area contributed by atoms with Crippen LogP contribution in [0.15, 0.2) is 0 Å². The minimum Gasteiger partial charge on any atom is -0.329 e. The Kier molecular flexibility index (Phi) is 5.40. The SMILES string of the molecule is CN1CCC(CN)(NS(=O)(=O)CCC(C)(C)C)CC1. The number of sulfonamides is 1. The molecule has 0 bridgehead atoms. The molecule has 1 saturated heterocycles. The van der Waals surface area contributed by atoms with Gasteiger partial charge in [-0.1, -0.05) is 20.8 Å². The number of nitrogens with one attached hydrogen (secondary N) is 1. The van der Waals surface area contributed by atoms with E-state index in [0.29, 0.717) is 13.0 Å². The Morgan fingerprint density at radius 1 is 1.26 bits per heavy atom. The Morgan fingerprint density at radius 3 is 2.21 bits per heavy atom. The van der Waals surface area contributed by atoms with Gasteiger partial charge in [0.1, 0.15) is 0 Å². The Bertz CT molecular complexity index is 379. The van der Waals surface area contributed by atoms with Crippen LogP contribution in [-0.4, -0.2) is 51.3 Å². The normalized spacial score (nSPS) is 21.5. The highest BCUT2D eigenvalue weighted by Gasteiger charge is 2.36. The van der Waals surface area contributed by atoms with Crippen LogP contribution in [0.4, 0.5) is 0 Å². The summed E-state index contributed by atoms with van der Waals surface area (Å²) in [5.74, 6) is 0.175. The molecule has 0 amide bonds. The van der Waals surface area contributed by atoms with Gasteiger partial charge >= 0.3 is 0 Å². The van der Waals surface area contributed by atoms with E-state index in [0.717, 1.165) is 25.9 Å². The number of hydrogen-bond acceptors (Lipinski definition) is 4. The molecule has 0 spiro atoms. The van der Waals surface area contributed by atoms with Crippen molar-refractivity contribution in [2.75, 3.05) is 32.4 Å². The maximum Gasteiger partial charge on any atom is 0.212 e. The average Bonchev–Trinajstić information content (AvgIpc) is 2.29. The molecule has 1 rings (SSSR count). The second kappa shape index (κ2) is 6.08. The first kappa shape index (κ1) is 16.9. The van der Waals surface area contributed by atoms with Crippen molar-refractivity contribution in [3.8, 4) is 0 Å². The fraction of sp³-hybridized carbons (Fsp3) is 1.00. The fourth-order valence-corrected chi connectivity index (χ4v) is 4.15. The molecule has 1 heterocycles. The summed E-state index contributed by atoms with van der Waals surface area (Å²) in [6.45, 7) is 8.30. The first-order valence-corrected chi connectivity index (χ1v) is 8.63. The lowest BCUT2D eigenvalue weighted by molar-refractivity contribution is 0.182. The molecule has 0 aromatic carbocycles. The third-order valence-corrected chi connectivity index (χ3v) is 5.31. The molecule has 0 atom stereocenters. The topological polar surface area (TPSA) is 75.4 Å². The molecule has 0 aliphatic carbocycles. The van der Waals surface area contributed by atoms with Gasteiger partial charge in [0.05, 0.1) is 5.75 Å². The van der Waals surface area contributed by atoms with E-state index in [1.54, 1.807) is 0 Å². The van der Waals surface area contributed by atoms with Crippen LogP contribution in [0, 0.1) is 5.41 Å². The van der Waals surface area contributed by atoms with Gasteiger partial charge in [0.25, 0.3) is 0 Å². The van der Waals surface area contributed by atoms with Crippen molar-refractivity contribution in [1.29, 1.82) is 0 Å². The number of likely N-dealkylation sites (tertiary alicyclic amines) is 1. The molecule has 114 valence electrons. The molecule has 6 heteroatoms. The Balaban J connectivity index is 2.64. The summed E-state index contributed by atoms with van der Waals surface area (Å²) < 4.78 is 27.3. The van der Waals surface area contributed by atoms with Crippen molar-refractivity contribution in [2.45, 2.75) is 45.6 Å². The first-order valence-electron chi connectivity index (χ1n) is 6.98. The van der Waals surface area contributed by atoms with E-state index >= 15 is 0 Å². The summed E-state index contributed by atoms with van der Waals surface area (Å²) in [7, 11) is -1.20. The van der Waals surface area contributed by atoms with Crippen molar-refractivity contribution in [2.24, 2.45) is 11.1 Å². The molecule has 1 aliphatic heterocycles. The van der Waals surface area contributed by atoms with E-state index in [4.69, 9.17) is 5.73 Å². The van der Waals surface area contributed by atoms with Crippen LogP contribution in [0.2, 0.25) is 0 Å². The number of nitrogens with zero attached hydrogens (tertiary/aromatic N) is 1. The van der Waals surface area contributed by atoms with E-state index < -0.39 is 15.6 Å². The Hall–Kier alpha value is -0.170.